The lowest BCUT2D eigenvalue weighted by atomic mass is 10.1. The van der Waals surface area contributed by atoms with Crippen molar-refractivity contribution in [1.82, 2.24) is 15.0 Å². The van der Waals surface area contributed by atoms with Crippen LogP contribution in [0.15, 0.2) is 64.7 Å². The zero-order valence-electron chi connectivity index (χ0n) is 14.3. The van der Waals surface area contributed by atoms with Crippen LogP contribution in [-0.4, -0.2) is 31.9 Å². The molecule has 0 spiro atoms. The van der Waals surface area contributed by atoms with E-state index in [1.165, 1.54) is 18.3 Å². The third-order valence-electron chi connectivity index (χ3n) is 3.76. The summed E-state index contributed by atoms with van der Waals surface area (Å²) in [6.45, 7) is 1.89. The molecule has 0 radical (unpaired) electrons. The van der Waals surface area contributed by atoms with Gasteiger partial charge in [-0.05, 0) is 43.3 Å². The number of H-pyrrole nitrogens is 1. The molecule has 0 unspecified atom stereocenters. The average Bonchev–Trinajstić information content (AvgIpc) is 3.10. The number of hydrazone groups is 1. The van der Waals surface area contributed by atoms with Gasteiger partial charge in [0.15, 0.2) is 0 Å². The third-order valence-corrected chi connectivity index (χ3v) is 4.99. The SMILES string of the molecule is COc1ccc(-c2[nH]ncc2/C=N/NS(=O)(=O)c2ccc(C)cc2)cc1. The van der Waals surface area contributed by atoms with E-state index in [1.54, 1.807) is 25.4 Å². The number of hydrogen-bond acceptors (Lipinski definition) is 5. The molecule has 0 fully saturated rings. The van der Waals surface area contributed by atoms with Crippen molar-refractivity contribution in [1.29, 1.82) is 0 Å². The minimum absolute atomic E-state index is 0.155. The highest BCUT2D eigenvalue weighted by atomic mass is 32.2. The Kier molecular flexibility index (Phi) is 5.04. The summed E-state index contributed by atoms with van der Waals surface area (Å²) in [6.07, 6.45) is 2.98. The number of methoxy groups -OCH3 is 1. The maximum Gasteiger partial charge on any atom is 0.276 e. The second-order valence-corrected chi connectivity index (χ2v) is 7.26. The lowest BCUT2D eigenvalue weighted by Gasteiger charge is -2.04. The minimum atomic E-state index is -3.71. The first kappa shape index (κ1) is 17.7. The molecule has 2 aromatic carbocycles. The fraction of sp³-hybridized carbons (Fsp3) is 0.111. The highest BCUT2D eigenvalue weighted by molar-refractivity contribution is 7.89. The van der Waals surface area contributed by atoms with E-state index in [0.29, 0.717) is 5.56 Å². The number of hydrogen-bond donors (Lipinski definition) is 2. The summed E-state index contributed by atoms with van der Waals surface area (Å²) in [7, 11) is -2.11. The Hall–Kier alpha value is -3.13. The van der Waals surface area contributed by atoms with Crippen molar-refractivity contribution in [2.24, 2.45) is 5.10 Å². The summed E-state index contributed by atoms with van der Waals surface area (Å²) >= 11 is 0. The van der Waals surface area contributed by atoms with Gasteiger partial charge < -0.3 is 4.74 Å². The Balaban J connectivity index is 1.77. The summed E-state index contributed by atoms with van der Waals surface area (Å²) in [6, 6.07) is 13.9. The highest BCUT2D eigenvalue weighted by Gasteiger charge is 2.12. The number of ether oxygens (including phenoxy) is 1. The molecule has 0 aliphatic heterocycles. The Morgan fingerprint density at radius 2 is 1.81 bits per heavy atom. The van der Waals surface area contributed by atoms with E-state index in [-0.39, 0.29) is 4.90 Å². The van der Waals surface area contributed by atoms with Gasteiger partial charge in [0.25, 0.3) is 10.0 Å². The Morgan fingerprint density at radius 1 is 1.12 bits per heavy atom. The van der Waals surface area contributed by atoms with Gasteiger partial charge in [-0.25, -0.2) is 4.83 Å². The quantitative estimate of drug-likeness (QED) is 0.515. The summed E-state index contributed by atoms with van der Waals surface area (Å²) in [5.74, 6) is 0.745. The molecule has 1 heterocycles. The lowest BCUT2D eigenvalue weighted by Crippen LogP contribution is -2.18. The second kappa shape index (κ2) is 7.40. The minimum Gasteiger partial charge on any atom is -0.497 e. The average molecular weight is 370 g/mol. The summed E-state index contributed by atoms with van der Waals surface area (Å²) in [5, 5.41) is 10.7. The van der Waals surface area contributed by atoms with Gasteiger partial charge in [-0.3, -0.25) is 5.10 Å². The van der Waals surface area contributed by atoms with E-state index >= 15 is 0 Å². The molecule has 0 aliphatic rings. The molecule has 7 nitrogen and oxygen atoms in total. The first-order valence-electron chi connectivity index (χ1n) is 7.79. The molecule has 1 aromatic heterocycles. The number of rotatable bonds is 6. The van der Waals surface area contributed by atoms with Gasteiger partial charge in [-0.15, -0.1) is 0 Å². The molecule has 3 rings (SSSR count). The zero-order chi connectivity index (χ0) is 18.6. The van der Waals surface area contributed by atoms with Crippen molar-refractivity contribution in [3.63, 3.8) is 0 Å². The number of aromatic nitrogens is 2. The van der Waals surface area contributed by atoms with Gasteiger partial charge in [0, 0.05) is 11.1 Å². The molecule has 2 N–H and O–H groups in total. The Morgan fingerprint density at radius 3 is 2.46 bits per heavy atom. The third kappa shape index (κ3) is 3.92. The van der Waals surface area contributed by atoms with Gasteiger partial charge in [-0.2, -0.15) is 18.6 Å². The molecule has 0 saturated carbocycles. The van der Waals surface area contributed by atoms with E-state index in [9.17, 15) is 8.42 Å². The van der Waals surface area contributed by atoms with Gasteiger partial charge in [0.1, 0.15) is 5.75 Å². The number of nitrogens with one attached hydrogen (secondary N) is 2. The highest BCUT2D eigenvalue weighted by Crippen LogP contribution is 2.22. The van der Waals surface area contributed by atoms with E-state index in [0.717, 1.165) is 22.6 Å². The fourth-order valence-electron chi connectivity index (χ4n) is 2.32. The number of nitrogens with zero attached hydrogens (tertiary/aromatic N) is 2. The van der Waals surface area contributed by atoms with Crippen LogP contribution in [0.1, 0.15) is 11.1 Å². The smallest absolute Gasteiger partial charge is 0.276 e. The van der Waals surface area contributed by atoms with Crippen molar-refractivity contribution >= 4 is 16.2 Å². The Bertz CT molecular complexity index is 1010. The molecular formula is C18H18N4O3S. The van der Waals surface area contributed by atoms with E-state index in [4.69, 9.17) is 4.74 Å². The number of sulfonamides is 1. The van der Waals surface area contributed by atoms with Crippen LogP contribution in [0.5, 0.6) is 5.75 Å². The van der Waals surface area contributed by atoms with Crippen molar-refractivity contribution in [3.05, 3.63) is 65.9 Å². The van der Waals surface area contributed by atoms with E-state index < -0.39 is 10.0 Å². The zero-order valence-corrected chi connectivity index (χ0v) is 15.1. The van der Waals surface area contributed by atoms with Crippen molar-refractivity contribution < 1.29 is 13.2 Å². The van der Waals surface area contributed by atoms with Crippen LogP contribution >= 0.6 is 0 Å². The van der Waals surface area contributed by atoms with Gasteiger partial charge in [0.05, 0.1) is 30.1 Å². The predicted molar refractivity (Wildman–Crippen MR) is 99.7 cm³/mol. The predicted octanol–water partition coefficient (Wildman–Crippen LogP) is 2.71. The van der Waals surface area contributed by atoms with Crippen LogP contribution < -0.4 is 9.57 Å². The lowest BCUT2D eigenvalue weighted by molar-refractivity contribution is 0.415. The molecule has 0 aliphatic carbocycles. The first-order chi connectivity index (χ1) is 12.5. The molecule has 134 valence electrons. The summed E-state index contributed by atoms with van der Waals surface area (Å²) in [5.41, 5.74) is 3.24. The Labute approximate surface area is 151 Å². The van der Waals surface area contributed by atoms with Crippen LogP contribution in [0.4, 0.5) is 0 Å². The normalized spacial score (nSPS) is 11.6. The van der Waals surface area contributed by atoms with Crippen LogP contribution in [0.25, 0.3) is 11.3 Å². The molecule has 3 aromatic rings. The van der Waals surface area contributed by atoms with Gasteiger partial charge >= 0.3 is 0 Å². The molecular weight excluding hydrogens is 352 g/mol. The number of benzene rings is 2. The van der Waals surface area contributed by atoms with Crippen LogP contribution in [0.3, 0.4) is 0 Å². The van der Waals surface area contributed by atoms with Gasteiger partial charge in [-0.1, -0.05) is 17.7 Å². The topological polar surface area (TPSA) is 96.4 Å². The maximum atomic E-state index is 12.2. The molecule has 0 atom stereocenters. The molecule has 0 bridgehead atoms. The van der Waals surface area contributed by atoms with Crippen molar-refractivity contribution in [2.75, 3.05) is 7.11 Å². The summed E-state index contributed by atoms with van der Waals surface area (Å²) < 4.78 is 29.6. The number of aryl methyl sites for hydroxylation is 1. The van der Waals surface area contributed by atoms with E-state index in [1.807, 2.05) is 31.2 Å². The standard InChI is InChI=1S/C18H18N4O3S/c1-13-3-9-17(10-4-13)26(23,24)22-20-12-15-11-19-21-18(15)14-5-7-16(25-2)8-6-14/h3-12,22H,1-2H3,(H,19,21)/b20-12+. The van der Waals surface area contributed by atoms with Crippen molar-refractivity contribution in [3.8, 4) is 17.0 Å². The second-order valence-electron chi connectivity index (χ2n) is 5.59. The monoisotopic (exact) mass is 370 g/mol. The van der Waals surface area contributed by atoms with Crippen molar-refractivity contribution in [2.45, 2.75) is 11.8 Å². The van der Waals surface area contributed by atoms with Crippen LogP contribution in [-0.2, 0) is 10.0 Å². The molecule has 26 heavy (non-hydrogen) atoms. The fourth-order valence-corrected chi connectivity index (χ4v) is 3.11. The molecule has 0 amide bonds. The van der Waals surface area contributed by atoms with Crippen LogP contribution in [0, 0.1) is 6.92 Å². The first-order valence-corrected chi connectivity index (χ1v) is 9.27. The van der Waals surface area contributed by atoms with E-state index in [2.05, 4.69) is 20.1 Å². The maximum absolute atomic E-state index is 12.2. The van der Waals surface area contributed by atoms with Crippen LogP contribution in [0.2, 0.25) is 0 Å². The number of aromatic amines is 1. The summed E-state index contributed by atoms with van der Waals surface area (Å²) in [4.78, 5) is 2.37. The largest absolute Gasteiger partial charge is 0.497 e. The molecule has 8 heteroatoms. The van der Waals surface area contributed by atoms with Gasteiger partial charge in [0.2, 0.25) is 0 Å². The molecule has 0 saturated heterocycles.